The van der Waals surface area contributed by atoms with Crippen LogP contribution in [0.25, 0.3) is 6.08 Å². The van der Waals surface area contributed by atoms with E-state index in [4.69, 9.17) is 4.99 Å². The number of nitriles is 1. The molecule has 0 radical (unpaired) electrons. The van der Waals surface area contributed by atoms with Gasteiger partial charge in [0.15, 0.2) is 0 Å². The predicted molar refractivity (Wildman–Crippen MR) is 147 cm³/mol. The minimum Gasteiger partial charge on any atom is -0.300 e. The van der Waals surface area contributed by atoms with Crippen LogP contribution in [0.5, 0.6) is 0 Å². The minimum atomic E-state index is -2.00. The molecule has 2 aliphatic heterocycles. The van der Waals surface area contributed by atoms with Crippen molar-refractivity contribution in [3.63, 3.8) is 0 Å². The number of nitrogens with zero attached hydrogens (tertiary/aromatic N) is 3. The zero-order chi connectivity index (χ0) is 23.3. The van der Waals surface area contributed by atoms with E-state index in [-0.39, 0.29) is 0 Å². The monoisotopic (exact) mass is 491 g/mol. The van der Waals surface area contributed by atoms with Gasteiger partial charge in [-0.3, -0.25) is 9.89 Å². The Hall–Kier alpha value is -3.37. The van der Waals surface area contributed by atoms with Crippen LogP contribution in [0.1, 0.15) is 4.88 Å². The molecule has 34 heavy (non-hydrogen) atoms. The van der Waals surface area contributed by atoms with Crippen LogP contribution in [0.2, 0.25) is 13.1 Å². The molecule has 0 fully saturated rings. The van der Waals surface area contributed by atoms with E-state index in [1.807, 2.05) is 23.9 Å². The molecule has 3 aromatic carbocycles. The van der Waals surface area contributed by atoms with Crippen molar-refractivity contribution in [1.82, 2.24) is 0 Å². The number of allylic oxidation sites excluding steroid dienone is 1. The second-order valence-corrected chi connectivity index (χ2v) is 15.3. The standard InChI is InChI=1S/C28H21N3S2Si/c1-34(2)26-14-8-3-9-21(26)30-28(34)19(18-29)17-20-15-16-27(32-20)31-22-10-4-6-12-24(22)33-25-13-7-5-11-23(25)31/h3-17H,1-2H3/b19-17+. The van der Waals surface area contributed by atoms with Gasteiger partial charge in [0, 0.05) is 20.0 Å². The van der Waals surface area contributed by atoms with Crippen molar-refractivity contribution in [3.8, 4) is 6.07 Å². The third-order valence-electron chi connectivity index (χ3n) is 6.33. The van der Waals surface area contributed by atoms with E-state index in [0.29, 0.717) is 5.57 Å². The summed E-state index contributed by atoms with van der Waals surface area (Å²) in [4.78, 5) is 10.8. The molecule has 2 aliphatic rings. The maximum atomic E-state index is 10.1. The molecule has 3 heterocycles. The highest BCUT2D eigenvalue weighted by molar-refractivity contribution is 7.99. The summed E-state index contributed by atoms with van der Waals surface area (Å²) < 4.78 is 0. The smallest absolute Gasteiger partial charge is 0.140 e. The highest BCUT2D eigenvalue weighted by Gasteiger charge is 2.39. The van der Waals surface area contributed by atoms with Crippen LogP contribution in [0, 0.1) is 11.3 Å². The Labute approximate surface area is 208 Å². The number of hydrogen-bond acceptors (Lipinski definition) is 5. The highest BCUT2D eigenvalue weighted by Crippen LogP contribution is 2.52. The van der Waals surface area contributed by atoms with Gasteiger partial charge in [-0.2, -0.15) is 5.26 Å². The second-order valence-electron chi connectivity index (χ2n) is 8.82. The third kappa shape index (κ3) is 3.36. The van der Waals surface area contributed by atoms with E-state index in [1.54, 1.807) is 11.3 Å². The summed E-state index contributed by atoms with van der Waals surface area (Å²) in [5.41, 5.74) is 4.07. The van der Waals surface area contributed by atoms with Crippen molar-refractivity contribution in [2.75, 3.05) is 4.90 Å². The topological polar surface area (TPSA) is 39.4 Å². The summed E-state index contributed by atoms with van der Waals surface area (Å²) in [6.07, 6.45) is 2.02. The van der Waals surface area contributed by atoms with E-state index < -0.39 is 8.07 Å². The van der Waals surface area contributed by atoms with Crippen LogP contribution < -0.4 is 10.1 Å². The Kier molecular flexibility index (Phi) is 5.07. The van der Waals surface area contributed by atoms with Crippen LogP contribution in [-0.4, -0.2) is 13.4 Å². The van der Waals surface area contributed by atoms with Gasteiger partial charge >= 0.3 is 0 Å². The molecule has 0 N–H and O–H groups in total. The molecule has 0 spiro atoms. The number of para-hydroxylation sites is 3. The molecular formula is C28H21N3S2Si. The Morgan fingerprint density at radius 1 is 0.882 bits per heavy atom. The van der Waals surface area contributed by atoms with E-state index in [1.165, 1.54) is 26.4 Å². The number of aliphatic imine (C=N–C) groups is 1. The van der Waals surface area contributed by atoms with Crippen LogP contribution in [-0.2, 0) is 0 Å². The Bertz CT molecular complexity index is 1500. The van der Waals surface area contributed by atoms with Gasteiger partial charge in [0.05, 0.1) is 22.6 Å². The molecule has 4 aromatic rings. The molecule has 0 atom stereocenters. The summed E-state index contributed by atoms with van der Waals surface area (Å²) >= 11 is 3.51. The van der Waals surface area contributed by atoms with Crippen LogP contribution in [0.4, 0.5) is 22.1 Å². The van der Waals surface area contributed by atoms with Gasteiger partial charge < -0.3 is 0 Å². The number of anilines is 3. The lowest BCUT2D eigenvalue weighted by Gasteiger charge is -2.31. The fourth-order valence-corrected chi connectivity index (χ4v) is 9.45. The van der Waals surface area contributed by atoms with E-state index in [9.17, 15) is 5.26 Å². The number of fused-ring (bicyclic) bond motifs is 3. The van der Waals surface area contributed by atoms with Gasteiger partial charge in [0.2, 0.25) is 0 Å². The van der Waals surface area contributed by atoms with Crippen LogP contribution in [0.3, 0.4) is 0 Å². The summed E-state index contributed by atoms with van der Waals surface area (Å²) in [5.74, 6) is 0. The van der Waals surface area contributed by atoms with Gasteiger partial charge in [-0.15, -0.1) is 11.3 Å². The number of hydrogen-bond donors (Lipinski definition) is 0. The first-order valence-electron chi connectivity index (χ1n) is 11.1. The molecule has 0 amide bonds. The second kappa shape index (κ2) is 8.14. The van der Waals surface area contributed by atoms with Crippen molar-refractivity contribution in [3.05, 3.63) is 95.4 Å². The summed E-state index contributed by atoms with van der Waals surface area (Å²) in [5, 5.41) is 13.5. The number of rotatable bonds is 3. The molecule has 1 aromatic heterocycles. The fourth-order valence-electron chi connectivity index (χ4n) is 4.66. The van der Waals surface area contributed by atoms with E-state index in [0.717, 1.165) is 20.9 Å². The normalized spacial score (nSPS) is 15.7. The van der Waals surface area contributed by atoms with Crippen molar-refractivity contribution in [2.45, 2.75) is 22.9 Å². The summed E-state index contributed by atoms with van der Waals surface area (Å²) in [6.45, 7) is 4.56. The third-order valence-corrected chi connectivity index (χ3v) is 11.8. The average Bonchev–Trinajstić information content (AvgIpc) is 3.43. The molecular weight excluding hydrogens is 471 g/mol. The molecule has 6 heteroatoms. The summed E-state index contributed by atoms with van der Waals surface area (Å²) in [6, 6.07) is 32.1. The molecule has 0 bridgehead atoms. The van der Waals surface area contributed by atoms with Crippen molar-refractivity contribution in [1.29, 1.82) is 5.26 Å². The Balaban J connectivity index is 1.41. The lowest BCUT2D eigenvalue weighted by Crippen LogP contribution is -2.47. The maximum Gasteiger partial charge on any atom is 0.140 e. The average molecular weight is 492 g/mol. The Morgan fingerprint density at radius 3 is 2.21 bits per heavy atom. The van der Waals surface area contributed by atoms with Gasteiger partial charge in [-0.25, -0.2) is 0 Å². The van der Waals surface area contributed by atoms with Crippen molar-refractivity contribution >= 4 is 69.8 Å². The van der Waals surface area contributed by atoms with Gasteiger partial charge in [0.25, 0.3) is 0 Å². The Morgan fingerprint density at radius 2 is 1.53 bits per heavy atom. The predicted octanol–water partition coefficient (Wildman–Crippen LogP) is 7.83. The highest BCUT2D eigenvalue weighted by atomic mass is 32.2. The molecule has 0 saturated heterocycles. The first kappa shape index (κ1) is 21.2. The lowest BCUT2D eigenvalue weighted by molar-refractivity contribution is 1.18. The lowest BCUT2D eigenvalue weighted by atomic mass is 10.2. The molecule has 164 valence electrons. The zero-order valence-corrected chi connectivity index (χ0v) is 21.5. The van der Waals surface area contributed by atoms with Crippen molar-refractivity contribution < 1.29 is 0 Å². The summed E-state index contributed by atoms with van der Waals surface area (Å²) in [7, 11) is -2.00. The fraction of sp³-hybridized carbons (Fsp3) is 0.0714. The van der Waals surface area contributed by atoms with Gasteiger partial charge in [-0.1, -0.05) is 67.3 Å². The van der Waals surface area contributed by atoms with Crippen LogP contribution in [0.15, 0.2) is 105 Å². The SMILES string of the molecule is C[Si]1(C)C(/C(C#N)=C/c2ccc(N3c4ccccc4Sc4ccccc43)s2)=Nc2ccccc21. The van der Waals surface area contributed by atoms with Gasteiger partial charge in [0.1, 0.15) is 19.1 Å². The molecule has 0 saturated carbocycles. The first-order valence-corrected chi connectivity index (χ1v) is 15.8. The number of thiophene rings is 1. The molecule has 3 nitrogen and oxygen atoms in total. The zero-order valence-electron chi connectivity index (χ0n) is 18.8. The minimum absolute atomic E-state index is 0.677. The van der Waals surface area contributed by atoms with E-state index >= 15 is 0 Å². The van der Waals surface area contributed by atoms with E-state index in [2.05, 4.69) is 103 Å². The van der Waals surface area contributed by atoms with Crippen molar-refractivity contribution in [2.24, 2.45) is 4.99 Å². The maximum absolute atomic E-state index is 10.1. The first-order chi connectivity index (χ1) is 16.6. The molecule has 0 unspecified atom stereocenters. The van der Waals surface area contributed by atoms with Crippen LogP contribution >= 0.6 is 23.1 Å². The molecule has 6 rings (SSSR count). The quantitative estimate of drug-likeness (QED) is 0.191. The largest absolute Gasteiger partial charge is 0.300 e. The number of benzene rings is 3. The molecule has 0 aliphatic carbocycles. The van der Waals surface area contributed by atoms with Gasteiger partial charge in [-0.05, 0) is 53.7 Å².